The van der Waals surface area contributed by atoms with Gasteiger partial charge in [0.05, 0.1) is 5.52 Å². The highest BCUT2D eigenvalue weighted by molar-refractivity contribution is 5.79. The molecular weight excluding hydrogens is 258 g/mol. The Bertz CT molecular complexity index is 592. The van der Waals surface area contributed by atoms with E-state index < -0.39 is 0 Å². The fraction of sp³-hybridized carbons (Fsp3) is 0.500. The van der Waals surface area contributed by atoms with Gasteiger partial charge in [0.25, 0.3) is 0 Å². The molecule has 0 bridgehead atoms. The molecule has 0 aliphatic rings. The first kappa shape index (κ1) is 15.9. The van der Waals surface area contributed by atoms with Crippen molar-refractivity contribution in [3.63, 3.8) is 0 Å². The van der Waals surface area contributed by atoms with Gasteiger partial charge in [0.15, 0.2) is 0 Å². The fourth-order valence-corrected chi connectivity index (χ4v) is 2.47. The predicted octanol–water partition coefficient (Wildman–Crippen LogP) is 3.35. The number of rotatable bonds is 6. The lowest BCUT2D eigenvalue weighted by Crippen LogP contribution is -2.31. The van der Waals surface area contributed by atoms with Gasteiger partial charge in [-0.2, -0.15) is 0 Å². The largest absolute Gasteiger partial charge is 0.327 e. The number of nitrogens with two attached hydrogens (primary N) is 1. The van der Waals surface area contributed by atoms with Gasteiger partial charge in [-0.3, -0.25) is 4.98 Å². The maximum absolute atomic E-state index is 6.11. The third-order valence-electron chi connectivity index (χ3n) is 4.05. The van der Waals surface area contributed by atoms with Crippen molar-refractivity contribution in [1.29, 1.82) is 0 Å². The zero-order valence-corrected chi connectivity index (χ0v) is 13.6. The molecule has 3 heteroatoms. The van der Waals surface area contributed by atoms with Crippen LogP contribution < -0.4 is 5.73 Å². The molecule has 2 rings (SSSR count). The number of hydrogen-bond donors (Lipinski definition) is 1. The molecule has 0 aliphatic heterocycles. The van der Waals surface area contributed by atoms with E-state index in [4.69, 9.17) is 5.73 Å². The monoisotopic (exact) mass is 285 g/mol. The number of aromatic nitrogens is 1. The molecule has 1 aromatic heterocycles. The van der Waals surface area contributed by atoms with Gasteiger partial charge in [-0.05, 0) is 56.6 Å². The van der Waals surface area contributed by atoms with Crippen molar-refractivity contribution < 1.29 is 0 Å². The first-order chi connectivity index (χ1) is 9.95. The fourth-order valence-electron chi connectivity index (χ4n) is 2.47. The molecule has 0 saturated heterocycles. The van der Waals surface area contributed by atoms with Crippen molar-refractivity contribution in [2.45, 2.75) is 39.8 Å². The first-order valence-electron chi connectivity index (χ1n) is 7.76. The minimum atomic E-state index is 0.288. The van der Waals surface area contributed by atoms with E-state index >= 15 is 0 Å². The zero-order valence-electron chi connectivity index (χ0n) is 13.6. The first-order valence-corrected chi connectivity index (χ1v) is 7.76. The van der Waals surface area contributed by atoms with Crippen molar-refractivity contribution in [3.8, 4) is 0 Å². The summed E-state index contributed by atoms with van der Waals surface area (Å²) in [6.45, 7) is 8.38. The summed E-state index contributed by atoms with van der Waals surface area (Å²) in [5.41, 5.74) is 9.58. The average Bonchev–Trinajstić information content (AvgIpc) is 2.44. The van der Waals surface area contributed by atoms with Crippen LogP contribution in [0.1, 0.15) is 31.5 Å². The van der Waals surface area contributed by atoms with Crippen LogP contribution in [0.2, 0.25) is 0 Å². The molecule has 114 valence electrons. The lowest BCUT2D eigenvalue weighted by atomic mass is 10.0. The molecule has 1 atom stereocenters. The van der Waals surface area contributed by atoms with Crippen molar-refractivity contribution >= 4 is 10.9 Å². The van der Waals surface area contributed by atoms with E-state index in [1.54, 1.807) is 0 Å². The summed E-state index contributed by atoms with van der Waals surface area (Å²) in [6.07, 6.45) is 1.04. The van der Waals surface area contributed by atoms with Crippen LogP contribution in [0.3, 0.4) is 0 Å². The molecule has 21 heavy (non-hydrogen) atoms. The van der Waals surface area contributed by atoms with E-state index in [2.05, 4.69) is 61.1 Å². The third-order valence-corrected chi connectivity index (χ3v) is 4.05. The Labute approximate surface area is 128 Å². The van der Waals surface area contributed by atoms with Gasteiger partial charge in [-0.15, -0.1) is 0 Å². The highest BCUT2D eigenvalue weighted by atomic mass is 15.1. The average molecular weight is 285 g/mol. The molecule has 0 saturated carbocycles. The summed E-state index contributed by atoms with van der Waals surface area (Å²) >= 11 is 0. The van der Waals surface area contributed by atoms with E-state index in [9.17, 15) is 0 Å². The van der Waals surface area contributed by atoms with Crippen LogP contribution >= 0.6 is 0 Å². The number of hydrogen-bond acceptors (Lipinski definition) is 3. The Kier molecular flexibility index (Phi) is 5.32. The Morgan fingerprint density at radius 3 is 2.67 bits per heavy atom. The molecule has 0 amide bonds. The maximum Gasteiger partial charge on any atom is 0.0705 e. The van der Waals surface area contributed by atoms with E-state index in [0.29, 0.717) is 5.92 Å². The molecule has 2 aromatic rings. The van der Waals surface area contributed by atoms with E-state index in [1.807, 2.05) is 6.92 Å². The molecule has 0 aliphatic carbocycles. The number of fused-ring (bicyclic) bond motifs is 1. The summed E-state index contributed by atoms with van der Waals surface area (Å²) in [5, 5.41) is 1.21. The molecule has 1 heterocycles. The normalized spacial score (nSPS) is 13.3. The molecule has 0 fully saturated rings. The molecular formula is C18H27N3. The predicted molar refractivity (Wildman–Crippen MR) is 90.2 cm³/mol. The van der Waals surface area contributed by atoms with Crippen molar-refractivity contribution in [1.82, 2.24) is 9.88 Å². The zero-order chi connectivity index (χ0) is 15.4. The Morgan fingerprint density at radius 2 is 1.95 bits per heavy atom. The maximum atomic E-state index is 6.11. The second-order valence-corrected chi connectivity index (χ2v) is 6.41. The summed E-state index contributed by atoms with van der Waals surface area (Å²) in [6, 6.07) is 11.0. The number of aryl methyl sites for hydroxylation is 1. The summed E-state index contributed by atoms with van der Waals surface area (Å²) in [5.74, 6) is 0.549. The van der Waals surface area contributed by atoms with Gasteiger partial charge in [0.2, 0.25) is 0 Å². The molecule has 2 N–H and O–H groups in total. The quantitative estimate of drug-likeness (QED) is 0.885. The van der Waals surface area contributed by atoms with E-state index in [-0.39, 0.29) is 6.04 Å². The smallest absolute Gasteiger partial charge is 0.0705 e. The second kappa shape index (κ2) is 7.01. The van der Waals surface area contributed by atoms with Gasteiger partial charge in [-0.1, -0.05) is 26.0 Å². The minimum Gasteiger partial charge on any atom is -0.327 e. The topological polar surface area (TPSA) is 42.1 Å². The molecule has 1 unspecified atom stereocenters. The summed E-state index contributed by atoms with van der Waals surface area (Å²) < 4.78 is 0. The lowest BCUT2D eigenvalue weighted by molar-refractivity contribution is 0.296. The molecule has 0 radical (unpaired) electrons. The Morgan fingerprint density at radius 1 is 1.19 bits per heavy atom. The Hall–Kier alpha value is -1.45. The minimum absolute atomic E-state index is 0.288. The highest BCUT2D eigenvalue weighted by Crippen LogP contribution is 2.16. The van der Waals surface area contributed by atoms with E-state index in [0.717, 1.165) is 30.7 Å². The van der Waals surface area contributed by atoms with Gasteiger partial charge in [-0.25, -0.2) is 0 Å². The highest BCUT2D eigenvalue weighted by Gasteiger charge is 2.09. The van der Waals surface area contributed by atoms with Crippen LogP contribution in [-0.4, -0.2) is 29.5 Å². The van der Waals surface area contributed by atoms with Gasteiger partial charge >= 0.3 is 0 Å². The third kappa shape index (κ3) is 4.51. The van der Waals surface area contributed by atoms with Crippen LogP contribution in [0, 0.1) is 12.8 Å². The standard InChI is InChI=1S/C18H27N3/c1-13(2)17(19)9-10-21(4)12-15-6-8-18-16(11-15)7-5-14(3)20-18/h5-8,11,13,17H,9-10,12,19H2,1-4H3. The number of nitrogens with zero attached hydrogens (tertiary/aromatic N) is 2. The van der Waals surface area contributed by atoms with Crippen LogP contribution in [-0.2, 0) is 6.54 Å². The van der Waals surface area contributed by atoms with Crippen LogP contribution in [0.15, 0.2) is 30.3 Å². The van der Waals surface area contributed by atoms with Gasteiger partial charge < -0.3 is 10.6 Å². The van der Waals surface area contributed by atoms with Crippen molar-refractivity contribution in [3.05, 3.63) is 41.6 Å². The number of pyridine rings is 1. The van der Waals surface area contributed by atoms with Gasteiger partial charge in [0, 0.05) is 23.7 Å². The molecule has 1 aromatic carbocycles. The van der Waals surface area contributed by atoms with Crippen LogP contribution in [0.25, 0.3) is 10.9 Å². The Balaban J connectivity index is 1.97. The van der Waals surface area contributed by atoms with Crippen molar-refractivity contribution in [2.24, 2.45) is 11.7 Å². The van der Waals surface area contributed by atoms with E-state index in [1.165, 1.54) is 10.9 Å². The molecule has 0 spiro atoms. The van der Waals surface area contributed by atoms with Crippen molar-refractivity contribution in [2.75, 3.05) is 13.6 Å². The van der Waals surface area contributed by atoms with Gasteiger partial charge in [0.1, 0.15) is 0 Å². The molecule has 3 nitrogen and oxygen atoms in total. The second-order valence-electron chi connectivity index (χ2n) is 6.41. The SMILES string of the molecule is Cc1ccc2cc(CN(C)CCC(N)C(C)C)ccc2n1. The number of benzene rings is 1. The summed E-state index contributed by atoms with van der Waals surface area (Å²) in [7, 11) is 2.16. The van der Waals surface area contributed by atoms with Crippen LogP contribution in [0.4, 0.5) is 0 Å². The summed E-state index contributed by atoms with van der Waals surface area (Å²) in [4.78, 5) is 6.88. The lowest BCUT2D eigenvalue weighted by Gasteiger charge is -2.21. The van der Waals surface area contributed by atoms with Crippen LogP contribution in [0.5, 0.6) is 0 Å².